The van der Waals surface area contributed by atoms with Crippen molar-refractivity contribution in [2.24, 2.45) is 0 Å². The lowest BCUT2D eigenvalue weighted by atomic mass is 9.78. The zero-order valence-electron chi connectivity index (χ0n) is 12.7. The van der Waals surface area contributed by atoms with Gasteiger partial charge < -0.3 is 15.0 Å². The van der Waals surface area contributed by atoms with E-state index in [1.54, 1.807) is 13.8 Å². The van der Waals surface area contributed by atoms with E-state index < -0.39 is 42.3 Å². The monoisotopic (exact) mass is 373 g/mol. The number of hydrogen-bond acceptors (Lipinski definition) is 3. The lowest BCUT2D eigenvalue weighted by Gasteiger charge is -2.27. The second-order valence-electron chi connectivity index (χ2n) is 5.88. The number of carbonyl (C=O) groups is 1. The average Bonchev–Trinajstić information content (AvgIpc) is 2.67. The van der Waals surface area contributed by atoms with Crippen LogP contribution in [0.5, 0.6) is 0 Å². The molecule has 1 aliphatic heterocycles. The number of anilines is 1. The highest BCUT2D eigenvalue weighted by Crippen LogP contribution is 2.46. The van der Waals surface area contributed by atoms with Gasteiger partial charge in [0.05, 0.1) is 5.60 Å². The van der Waals surface area contributed by atoms with Gasteiger partial charge in [-0.25, -0.2) is 0 Å². The summed E-state index contributed by atoms with van der Waals surface area (Å²) in [6, 6.07) is 3.23. The summed E-state index contributed by atoms with van der Waals surface area (Å²) in [6.07, 6.45) is -6.61. The summed E-state index contributed by atoms with van der Waals surface area (Å²) in [5.74, 6) is -15.4. The normalized spacial score (nSPS) is 17.4. The van der Waals surface area contributed by atoms with Crippen molar-refractivity contribution in [2.75, 3.05) is 5.32 Å². The largest absolute Gasteiger partial charge is 0.492 e. The van der Waals surface area contributed by atoms with Crippen LogP contribution in [-0.2, 0) is 15.0 Å². The number of alkyl halides is 7. The molecule has 1 aromatic carbocycles. The zero-order chi connectivity index (χ0) is 19.4. The number of hydrogen-bond donors (Lipinski definition) is 2. The van der Waals surface area contributed by atoms with Gasteiger partial charge in [0.15, 0.2) is 0 Å². The number of fused-ring (bicyclic) bond motifs is 1. The molecular formula is C13H11BF7NO3. The summed E-state index contributed by atoms with van der Waals surface area (Å²) < 4.78 is 93.7. The Bertz CT molecular complexity index is 705. The van der Waals surface area contributed by atoms with Crippen LogP contribution in [0.2, 0.25) is 0 Å². The first-order chi connectivity index (χ1) is 11.1. The second-order valence-corrected chi connectivity index (χ2v) is 5.88. The molecule has 0 radical (unpaired) electrons. The fourth-order valence-corrected chi connectivity index (χ4v) is 2.33. The third-order valence-electron chi connectivity index (χ3n) is 3.67. The molecule has 0 spiro atoms. The van der Waals surface area contributed by atoms with Gasteiger partial charge in [-0.15, -0.1) is 0 Å². The minimum atomic E-state index is -6.61. The van der Waals surface area contributed by atoms with Crippen molar-refractivity contribution < 1.29 is 45.2 Å². The molecule has 1 aromatic rings. The maximum absolute atomic E-state index is 13.3. The molecule has 0 bridgehead atoms. The molecule has 0 aromatic heterocycles. The van der Waals surface area contributed by atoms with E-state index in [1.165, 1.54) is 11.4 Å². The van der Waals surface area contributed by atoms with E-state index in [9.17, 15) is 40.6 Å². The van der Waals surface area contributed by atoms with Crippen LogP contribution in [-0.4, -0.2) is 36.1 Å². The van der Waals surface area contributed by atoms with Crippen molar-refractivity contribution in [1.29, 1.82) is 0 Å². The van der Waals surface area contributed by atoms with Gasteiger partial charge in [-0.3, -0.25) is 4.79 Å². The molecule has 1 heterocycles. The molecule has 25 heavy (non-hydrogen) atoms. The van der Waals surface area contributed by atoms with Crippen LogP contribution in [0.4, 0.5) is 36.4 Å². The van der Waals surface area contributed by atoms with Crippen LogP contribution in [0.25, 0.3) is 0 Å². The summed E-state index contributed by atoms with van der Waals surface area (Å²) in [6.45, 7) is 3.16. The van der Waals surface area contributed by atoms with Gasteiger partial charge in [0, 0.05) is 5.69 Å². The number of halogens is 7. The number of carbonyl (C=O) groups excluding carboxylic acids is 1. The number of benzene rings is 1. The second kappa shape index (κ2) is 5.59. The molecule has 138 valence electrons. The van der Waals surface area contributed by atoms with Crippen molar-refractivity contribution in [1.82, 2.24) is 0 Å². The Hall–Kier alpha value is -1.82. The maximum atomic E-state index is 13.3. The first-order valence-electron chi connectivity index (χ1n) is 6.75. The fraction of sp³-hybridized carbons (Fsp3) is 0.462. The lowest BCUT2D eigenvalue weighted by molar-refractivity contribution is -0.343. The minimum absolute atomic E-state index is 0.0636. The van der Waals surface area contributed by atoms with Crippen molar-refractivity contribution in [3.8, 4) is 0 Å². The smallest absolute Gasteiger partial charge is 0.423 e. The zero-order valence-corrected chi connectivity index (χ0v) is 12.7. The highest BCUT2D eigenvalue weighted by molar-refractivity contribution is 6.62. The van der Waals surface area contributed by atoms with Crippen LogP contribution < -0.4 is 10.8 Å². The van der Waals surface area contributed by atoms with E-state index in [1.807, 2.05) is 0 Å². The third kappa shape index (κ3) is 3.08. The minimum Gasteiger partial charge on any atom is -0.423 e. The molecule has 1 amide bonds. The van der Waals surface area contributed by atoms with Crippen molar-refractivity contribution in [3.63, 3.8) is 0 Å². The molecule has 0 saturated heterocycles. The van der Waals surface area contributed by atoms with Gasteiger partial charge in [0.2, 0.25) is 0 Å². The van der Waals surface area contributed by atoms with Gasteiger partial charge in [-0.05, 0) is 37.0 Å². The Balaban J connectivity index is 2.29. The molecule has 2 rings (SSSR count). The Morgan fingerprint density at radius 3 is 2.24 bits per heavy atom. The predicted molar refractivity (Wildman–Crippen MR) is 72.7 cm³/mol. The van der Waals surface area contributed by atoms with Crippen LogP contribution >= 0.6 is 0 Å². The molecule has 2 N–H and O–H groups in total. The molecule has 0 aliphatic carbocycles. The number of nitrogens with one attached hydrogen (secondary N) is 1. The van der Waals surface area contributed by atoms with E-state index in [-0.39, 0.29) is 5.46 Å². The molecule has 0 saturated carbocycles. The fourth-order valence-electron chi connectivity index (χ4n) is 2.33. The van der Waals surface area contributed by atoms with E-state index in [0.29, 0.717) is 5.56 Å². The molecule has 1 aliphatic rings. The summed E-state index contributed by atoms with van der Waals surface area (Å²) in [4.78, 5) is 11.3. The summed E-state index contributed by atoms with van der Waals surface area (Å²) in [5, 5.41) is 11.0. The van der Waals surface area contributed by atoms with Gasteiger partial charge in [-0.2, -0.15) is 30.7 Å². The topological polar surface area (TPSA) is 58.6 Å². The molecule has 0 unspecified atom stereocenters. The lowest BCUT2D eigenvalue weighted by Crippen LogP contribution is -2.57. The SMILES string of the molecule is CC1(C)OB(O)c2cc(NC(=O)C(F)(F)C(F)(F)C(F)(F)F)ccc21. The van der Waals surface area contributed by atoms with Crippen LogP contribution in [0.1, 0.15) is 19.4 Å². The van der Waals surface area contributed by atoms with Crippen LogP contribution in [0.15, 0.2) is 18.2 Å². The standard InChI is InChI=1S/C13H11BF7NO3/c1-10(2)7-4-3-6(5-8(7)14(24)25-10)22-9(23)11(15,16)12(17,18)13(19,20)21/h3-5,24H,1-2H3,(H,22,23). The molecular weight excluding hydrogens is 362 g/mol. The van der Waals surface area contributed by atoms with Crippen molar-refractivity contribution in [2.45, 2.75) is 37.5 Å². The Morgan fingerprint density at radius 2 is 1.72 bits per heavy atom. The molecule has 0 fully saturated rings. The average molecular weight is 373 g/mol. The van der Waals surface area contributed by atoms with Crippen molar-refractivity contribution >= 4 is 24.2 Å². The third-order valence-corrected chi connectivity index (χ3v) is 3.67. The van der Waals surface area contributed by atoms with E-state index in [2.05, 4.69) is 0 Å². The number of amides is 1. The summed E-state index contributed by atoms with van der Waals surface area (Å²) >= 11 is 0. The van der Waals surface area contributed by atoms with Gasteiger partial charge in [-0.1, -0.05) is 6.07 Å². The van der Waals surface area contributed by atoms with Gasteiger partial charge >= 0.3 is 31.0 Å². The van der Waals surface area contributed by atoms with Crippen molar-refractivity contribution in [3.05, 3.63) is 23.8 Å². The maximum Gasteiger partial charge on any atom is 0.492 e. The Labute approximate surface area is 137 Å². The quantitative estimate of drug-likeness (QED) is 0.632. The van der Waals surface area contributed by atoms with E-state index >= 15 is 0 Å². The summed E-state index contributed by atoms with van der Waals surface area (Å²) in [5.41, 5.74) is -0.939. The first kappa shape index (κ1) is 19.5. The highest BCUT2D eigenvalue weighted by Gasteiger charge is 2.76. The molecule has 12 heteroatoms. The van der Waals surface area contributed by atoms with Gasteiger partial charge in [0.1, 0.15) is 0 Å². The number of rotatable bonds is 3. The van der Waals surface area contributed by atoms with Gasteiger partial charge in [0.25, 0.3) is 0 Å². The van der Waals surface area contributed by atoms with Crippen LogP contribution in [0.3, 0.4) is 0 Å². The highest BCUT2D eigenvalue weighted by atomic mass is 19.4. The van der Waals surface area contributed by atoms with Crippen LogP contribution in [0, 0.1) is 0 Å². The Kier molecular flexibility index (Phi) is 4.37. The van der Waals surface area contributed by atoms with E-state index in [0.717, 1.165) is 12.1 Å². The first-order valence-corrected chi connectivity index (χ1v) is 6.75. The molecule has 4 nitrogen and oxygen atoms in total. The Morgan fingerprint density at radius 1 is 1.16 bits per heavy atom. The summed E-state index contributed by atoms with van der Waals surface area (Å²) in [7, 11) is -1.47. The predicted octanol–water partition coefficient (Wildman–Crippen LogP) is 2.41. The molecule has 0 atom stereocenters. The van der Waals surface area contributed by atoms with E-state index in [4.69, 9.17) is 4.65 Å².